The highest BCUT2D eigenvalue weighted by Gasteiger charge is 2.19. The molecule has 1 aromatic heterocycles. The van der Waals surface area contributed by atoms with Crippen molar-refractivity contribution in [3.8, 4) is 28.6 Å². The minimum absolute atomic E-state index is 0.118. The van der Waals surface area contributed by atoms with Gasteiger partial charge in [0.15, 0.2) is 5.16 Å². The fraction of sp³-hybridized carbons (Fsp3) is 0. The molecule has 0 N–H and O–H groups in total. The summed E-state index contributed by atoms with van der Waals surface area (Å²) in [4.78, 5) is 34.0. The van der Waals surface area contributed by atoms with Crippen LogP contribution < -0.4 is 0 Å². The molecular weight excluding hydrogens is 520 g/mol. The van der Waals surface area contributed by atoms with Gasteiger partial charge in [0.1, 0.15) is 11.6 Å². The highest BCUT2D eigenvalue weighted by molar-refractivity contribution is 7.99. The standard InChI is InChI=1S/C32H20N4O3S/c33-21-26(31(37)25-14-8-3-9-15-25)18-22-16-17-30(29(19-22)36(38)39)40-32-34-27(23-10-4-1-5-11-23)20-28(35-32)24-12-6-2-7-13-24/h1-20H/b26-18-. The van der Waals surface area contributed by atoms with Gasteiger partial charge in [0, 0.05) is 22.8 Å². The molecule has 192 valence electrons. The number of benzene rings is 4. The summed E-state index contributed by atoms with van der Waals surface area (Å²) in [6.07, 6.45) is 1.36. The van der Waals surface area contributed by atoms with E-state index in [0.717, 1.165) is 22.9 Å². The highest BCUT2D eigenvalue weighted by atomic mass is 32.2. The van der Waals surface area contributed by atoms with Gasteiger partial charge in [-0.15, -0.1) is 0 Å². The van der Waals surface area contributed by atoms with E-state index in [2.05, 4.69) is 0 Å². The van der Waals surface area contributed by atoms with Gasteiger partial charge in [-0.05, 0) is 35.5 Å². The Balaban J connectivity index is 1.52. The van der Waals surface area contributed by atoms with E-state index in [1.54, 1.807) is 42.5 Å². The van der Waals surface area contributed by atoms with Crippen LogP contribution in [-0.2, 0) is 0 Å². The predicted octanol–water partition coefficient (Wildman–Crippen LogP) is 7.66. The number of carbonyl (C=O) groups is 1. The average molecular weight is 541 g/mol. The van der Waals surface area contributed by atoms with Crippen LogP contribution in [0.25, 0.3) is 28.6 Å². The summed E-state index contributed by atoms with van der Waals surface area (Å²) in [6.45, 7) is 0. The third kappa shape index (κ3) is 6.01. The SMILES string of the molecule is N#C/C(=C/c1ccc(Sc2nc(-c3ccccc3)cc(-c3ccccc3)n2)c([N+](=O)[O-])c1)C(=O)c1ccccc1. The van der Waals surface area contributed by atoms with Crippen molar-refractivity contribution < 1.29 is 9.72 Å². The molecule has 1 heterocycles. The Kier molecular flexibility index (Phi) is 7.86. The van der Waals surface area contributed by atoms with Crippen molar-refractivity contribution in [3.63, 3.8) is 0 Å². The lowest BCUT2D eigenvalue weighted by molar-refractivity contribution is -0.387. The number of allylic oxidation sites excluding steroid dienone is 1. The number of nitriles is 1. The van der Waals surface area contributed by atoms with Crippen LogP contribution in [0.4, 0.5) is 5.69 Å². The number of ketones is 1. The minimum atomic E-state index is -0.496. The van der Waals surface area contributed by atoms with Gasteiger partial charge in [-0.2, -0.15) is 5.26 Å². The maximum absolute atomic E-state index is 12.8. The summed E-state index contributed by atoms with van der Waals surface area (Å²) in [5.74, 6) is -0.455. The second kappa shape index (κ2) is 12.0. The van der Waals surface area contributed by atoms with Crippen molar-refractivity contribution >= 4 is 29.3 Å². The smallest absolute Gasteiger partial charge is 0.283 e. The van der Waals surface area contributed by atoms with E-state index >= 15 is 0 Å². The molecule has 0 aliphatic heterocycles. The van der Waals surface area contributed by atoms with Crippen molar-refractivity contribution in [2.45, 2.75) is 10.1 Å². The highest BCUT2D eigenvalue weighted by Crippen LogP contribution is 2.36. The number of Topliss-reactive ketones (excluding diaryl/α,β-unsaturated/α-hetero) is 1. The van der Waals surface area contributed by atoms with E-state index in [4.69, 9.17) is 9.97 Å². The van der Waals surface area contributed by atoms with E-state index in [1.165, 1.54) is 12.1 Å². The van der Waals surface area contributed by atoms with Gasteiger partial charge >= 0.3 is 0 Å². The van der Waals surface area contributed by atoms with Crippen LogP contribution in [0, 0.1) is 21.4 Å². The molecule has 0 radical (unpaired) electrons. The summed E-state index contributed by atoms with van der Waals surface area (Å²) in [5, 5.41) is 22.0. The van der Waals surface area contributed by atoms with Crippen molar-refractivity contribution in [1.82, 2.24) is 9.97 Å². The molecule has 0 saturated heterocycles. The van der Waals surface area contributed by atoms with Gasteiger partial charge < -0.3 is 0 Å². The Morgan fingerprint density at radius 3 is 1.88 bits per heavy atom. The monoisotopic (exact) mass is 540 g/mol. The first-order chi connectivity index (χ1) is 19.5. The number of rotatable bonds is 8. The first-order valence-electron chi connectivity index (χ1n) is 12.2. The number of nitro groups is 1. The average Bonchev–Trinajstić information content (AvgIpc) is 3.01. The Hall–Kier alpha value is -5.39. The fourth-order valence-corrected chi connectivity index (χ4v) is 4.85. The van der Waals surface area contributed by atoms with Gasteiger partial charge in [-0.25, -0.2) is 9.97 Å². The van der Waals surface area contributed by atoms with Crippen LogP contribution in [-0.4, -0.2) is 20.7 Å². The molecule has 0 aliphatic rings. The second-order valence-corrected chi connectivity index (χ2v) is 9.61. The van der Waals surface area contributed by atoms with Gasteiger partial charge in [0.25, 0.3) is 5.69 Å². The van der Waals surface area contributed by atoms with Crippen LogP contribution in [0.3, 0.4) is 0 Å². The van der Waals surface area contributed by atoms with Gasteiger partial charge in [0.05, 0.1) is 21.2 Å². The summed E-state index contributed by atoms with van der Waals surface area (Å²) in [5.41, 5.74) is 3.60. The molecule has 0 aliphatic carbocycles. The number of hydrogen-bond acceptors (Lipinski definition) is 7. The lowest BCUT2D eigenvalue weighted by Crippen LogP contribution is -2.01. The first-order valence-corrected chi connectivity index (χ1v) is 13.0. The molecule has 7 nitrogen and oxygen atoms in total. The largest absolute Gasteiger partial charge is 0.288 e. The van der Waals surface area contributed by atoms with Gasteiger partial charge in [0.2, 0.25) is 5.78 Å². The first kappa shape index (κ1) is 26.2. The molecule has 0 atom stereocenters. The van der Waals surface area contributed by atoms with Crippen LogP contribution in [0.15, 0.2) is 131 Å². The molecule has 0 bridgehead atoms. The molecule has 0 amide bonds. The molecular formula is C32H20N4O3S. The number of nitrogens with zero attached hydrogens (tertiary/aromatic N) is 4. The lowest BCUT2D eigenvalue weighted by atomic mass is 10.0. The molecule has 5 rings (SSSR count). The Bertz CT molecular complexity index is 1710. The maximum Gasteiger partial charge on any atom is 0.283 e. The van der Waals surface area contributed by atoms with Gasteiger partial charge in [-0.3, -0.25) is 14.9 Å². The molecule has 8 heteroatoms. The molecule has 0 spiro atoms. The molecule has 0 fully saturated rings. The van der Waals surface area contributed by atoms with Crippen molar-refractivity contribution in [2.75, 3.05) is 0 Å². The summed E-state index contributed by atoms with van der Waals surface area (Å²) in [6, 6.07) is 36.1. The third-order valence-electron chi connectivity index (χ3n) is 5.94. The topological polar surface area (TPSA) is 110 Å². The van der Waals surface area contributed by atoms with E-state index in [9.17, 15) is 20.2 Å². The summed E-state index contributed by atoms with van der Waals surface area (Å²) in [7, 11) is 0. The second-order valence-electron chi connectivity index (χ2n) is 8.60. The fourth-order valence-electron chi connectivity index (χ4n) is 4.00. The van der Waals surface area contributed by atoms with Crippen molar-refractivity contribution in [1.29, 1.82) is 5.26 Å². The molecule has 5 aromatic rings. The minimum Gasteiger partial charge on any atom is -0.288 e. The van der Waals surface area contributed by atoms with Crippen LogP contribution in [0.5, 0.6) is 0 Å². The predicted molar refractivity (Wildman–Crippen MR) is 154 cm³/mol. The van der Waals surface area contributed by atoms with E-state index < -0.39 is 10.7 Å². The Morgan fingerprint density at radius 2 is 1.35 bits per heavy atom. The molecule has 0 saturated carbocycles. The van der Waals surface area contributed by atoms with Crippen LogP contribution in [0.1, 0.15) is 15.9 Å². The Morgan fingerprint density at radius 1 is 0.800 bits per heavy atom. The third-order valence-corrected chi connectivity index (χ3v) is 6.87. The molecule has 4 aromatic carbocycles. The van der Waals surface area contributed by atoms with Gasteiger partial charge in [-0.1, -0.05) is 97.1 Å². The number of aromatic nitrogens is 2. The number of hydrogen-bond donors (Lipinski definition) is 0. The van der Waals surface area contributed by atoms with Crippen LogP contribution >= 0.6 is 11.8 Å². The molecule has 0 unspecified atom stereocenters. The van der Waals surface area contributed by atoms with Crippen molar-refractivity contribution in [2.24, 2.45) is 0 Å². The zero-order valence-corrected chi connectivity index (χ0v) is 21.8. The summed E-state index contributed by atoms with van der Waals surface area (Å²) >= 11 is 1.08. The Labute approximate surface area is 234 Å². The van der Waals surface area contributed by atoms with Crippen LogP contribution in [0.2, 0.25) is 0 Å². The zero-order valence-electron chi connectivity index (χ0n) is 21.0. The molecule has 40 heavy (non-hydrogen) atoms. The van der Waals surface area contributed by atoms with E-state index in [1.807, 2.05) is 72.8 Å². The van der Waals surface area contributed by atoms with Crippen molar-refractivity contribution in [3.05, 3.63) is 142 Å². The summed E-state index contributed by atoms with van der Waals surface area (Å²) < 4.78 is 0. The number of carbonyl (C=O) groups excluding carboxylic acids is 1. The van der Waals surface area contributed by atoms with E-state index in [0.29, 0.717) is 32.6 Å². The normalized spacial score (nSPS) is 11.0. The zero-order chi connectivity index (χ0) is 27.9. The lowest BCUT2D eigenvalue weighted by Gasteiger charge is -2.09. The van der Waals surface area contributed by atoms with E-state index in [-0.39, 0.29) is 11.3 Å². The number of nitro benzene ring substituents is 1. The maximum atomic E-state index is 12.8. The quantitative estimate of drug-likeness (QED) is 0.0496.